The smallest absolute Gasteiger partial charge is 0.220 e. The number of rotatable bonds is 8. The lowest BCUT2D eigenvalue weighted by Gasteiger charge is -2.04. The second-order valence-electron chi connectivity index (χ2n) is 6.24. The van der Waals surface area contributed by atoms with Gasteiger partial charge in [-0.3, -0.25) is 4.79 Å². The molecule has 0 saturated heterocycles. The van der Waals surface area contributed by atoms with Crippen molar-refractivity contribution in [2.24, 2.45) is 0 Å². The summed E-state index contributed by atoms with van der Waals surface area (Å²) in [5.41, 5.74) is 7.46. The van der Waals surface area contributed by atoms with Crippen LogP contribution in [0.5, 0.6) is 0 Å². The molecule has 144 valence electrons. The number of nitrogen functional groups attached to an aromatic ring is 1. The summed E-state index contributed by atoms with van der Waals surface area (Å²) in [7, 11) is 0. The van der Waals surface area contributed by atoms with Crippen LogP contribution in [0, 0.1) is 17.1 Å². The Kier molecular flexibility index (Phi) is 6.07. The average Bonchev–Trinajstić information content (AvgIpc) is 3.32. The molecule has 1 aromatic carbocycles. The number of benzene rings is 1. The van der Waals surface area contributed by atoms with Gasteiger partial charge in [-0.1, -0.05) is 0 Å². The second kappa shape index (κ2) is 8.86. The fourth-order valence-corrected chi connectivity index (χ4v) is 2.82. The Balaban J connectivity index is 1.54. The number of anilines is 1. The third-order valence-corrected chi connectivity index (χ3v) is 4.27. The molecule has 0 radical (unpaired) electrons. The maximum absolute atomic E-state index is 13.1. The minimum absolute atomic E-state index is 0.0618. The predicted octanol–water partition coefficient (Wildman–Crippen LogP) is 2.74. The van der Waals surface area contributed by atoms with Crippen molar-refractivity contribution < 1.29 is 13.6 Å². The summed E-state index contributed by atoms with van der Waals surface area (Å²) in [5, 5.41) is 16.6. The van der Waals surface area contributed by atoms with E-state index in [4.69, 9.17) is 10.2 Å². The molecular weight excluding hydrogens is 361 g/mol. The lowest BCUT2D eigenvalue weighted by Crippen LogP contribution is -2.25. The van der Waals surface area contributed by atoms with Gasteiger partial charge >= 0.3 is 0 Å². The number of halogens is 1. The van der Waals surface area contributed by atoms with Crippen LogP contribution in [0.3, 0.4) is 0 Å². The summed E-state index contributed by atoms with van der Waals surface area (Å²) >= 11 is 0. The number of amides is 1. The van der Waals surface area contributed by atoms with E-state index in [1.807, 2.05) is 6.07 Å². The van der Waals surface area contributed by atoms with Gasteiger partial charge in [0.2, 0.25) is 5.91 Å². The first-order valence-corrected chi connectivity index (χ1v) is 8.91. The number of aryl methyl sites for hydroxylation is 2. The summed E-state index contributed by atoms with van der Waals surface area (Å²) < 4.78 is 19.7. The van der Waals surface area contributed by atoms with E-state index in [2.05, 4.69) is 16.5 Å². The molecule has 2 heterocycles. The molecule has 0 aliphatic heterocycles. The van der Waals surface area contributed by atoms with Crippen LogP contribution in [0.2, 0.25) is 0 Å². The van der Waals surface area contributed by atoms with E-state index >= 15 is 0 Å². The van der Waals surface area contributed by atoms with E-state index in [1.54, 1.807) is 24.5 Å². The van der Waals surface area contributed by atoms with Crippen molar-refractivity contribution in [2.75, 3.05) is 12.3 Å². The zero-order valence-electron chi connectivity index (χ0n) is 15.2. The van der Waals surface area contributed by atoms with Gasteiger partial charge in [-0.25, -0.2) is 9.07 Å². The van der Waals surface area contributed by atoms with E-state index in [0.29, 0.717) is 49.2 Å². The quantitative estimate of drug-likeness (QED) is 0.583. The number of nitrogens with zero attached hydrogens (tertiary/aromatic N) is 3. The van der Waals surface area contributed by atoms with Crippen LogP contribution in [-0.2, 0) is 17.6 Å². The van der Waals surface area contributed by atoms with Crippen molar-refractivity contribution >= 4 is 11.7 Å². The van der Waals surface area contributed by atoms with Crippen LogP contribution in [-0.4, -0.2) is 22.2 Å². The van der Waals surface area contributed by atoms with Crippen molar-refractivity contribution in [3.05, 3.63) is 65.5 Å². The van der Waals surface area contributed by atoms with Gasteiger partial charge in [0.1, 0.15) is 29.0 Å². The first-order chi connectivity index (χ1) is 13.6. The molecule has 2 aromatic heterocycles. The van der Waals surface area contributed by atoms with Gasteiger partial charge in [0.15, 0.2) is 0 Å². The second-order valence-corrected chi connectivity index (χ2v) is 6.24. The molecule has 1 amide bonds. The van der Waals surface area contributed by atoms with Gasteiger partial charge in [-0.05, 0) is 49.2 Å². The molecule has 0 spiro atoms. The number of aromatic nitrogens is 2. The normalized spacial score (nSPS) is 10.6. The van der Waals surface area contributed by atoms with Crippen molar-refractivity contribution in [1.29, 1.82) is 5.26 Å². The van der Waals surface area contributed by atoms with Gasteiger partial charge in [0, 0.05) is 19.4 Å². The number of nitrogens with two attached hydrogens (primary N) is 1. The molecule has 3 rings (SSSR count). The Morgan fingerprint density at radius 1 is 1.29 bits per heavy atom. The maximum Gasteiger partial charge on any atom is 0.220 e. The van der Waals surface area contributed by atoms with Crippen LogP contribution in [0.25, 0.3) is 5.69 Å². The van der Waals surface area contributed by atoms with Crippen molar-refractivity contribution in [3.8, 4) is 11.8 Å². The number of nitriles is 1. The van der Waals surface area contributed by atoms with Gasteiger partial charge in [0.25, 0.3) is 0 Å². The van der Waals surface area contributed by atoms with Crippen LogP contribution in [0.1, 0.15) is 29.9 Å². The Morgan fingerprint density at radius 2 is 2.07 bits per heavy atom. The minimum Gasteiger partial charge on any atom is -0.469 e. The molecule has 28 heavy (non-hydrogen) atoms. The van der Waals surface area contributed by atoms with Crippen LogP contribution < -0.4 is 11.1 Å². The zero-order chi connectivity index (χ0) is 19.9. The number of hydrogen-bond donors (Lipinski definition) is 2. The maximum atomic E-state index is 13.1. The summed E-state index contributed by atoms with van der Waals surface area (Å²) in [5.74, 6) is 0.563. The lowest BCUT2D eigenvalue weighted by atomic mass is 10.1. The molecule has 0 bridgehead atoms. The standard InChI is InChI=1S/C20H20FN5O2/c21-14-5-7-15(8-6-14)26-20(23)17(13-22)18(25-26)4-1-11-24-19(27)10-9-16-3-2-12-28-16/h2-3,5-8,12H,1,4,9-11,23H2,(H,24,27). The molecule has 3 N–H and O–H groups in total. The van der Waals surface area contributed by atoms with Crippen LogP contribution >= 0.6 is 0 Å². The third kappa shape index (κ3) is 4.57. The molecule has 8 heteroatoms. The molecule has 0 fully saturated rings. The average molecular weight is 381 g/mol. The SMILES string of the molecule is N#Cc1c(CCCNC(=O)CCc2ccco2)nn(-c2ccc(F)cc2)c1N. The van der Waals surface area contributed by atoms with E-state index in [9.17, 15) is 14.4 Å². The Morgan fingerprint density at radius 3 is 2.75 bits per heavy atom. The largest absolute Gasteiger partial charge is 0.469 e. The number of carbonyl (C=O) groups is 1. The molecular formula is C20H20FN5O2. The lowest BCUT2D eigenvalue weighted by molar-refractivity contribution is -0.121. The highest BCUT2D eigenvalue weighted by Gasteiger charge is 2.16. The molecule has 0 aliphatic carbocycles. The number of carbonyl (C=O) groups excluding carboxylic acids is 1. The first-order valence-electron chi connectivity index (χ1n) is 8.91. The van der Waals surface area contributed by atoms with Gasteiger partial charge in [0.05, 0.1) is 17.6 Å². The van der Waals surface area contributed by atoms with Crippen molar-refractivity contribution in [1.82, 2.24) is 15.1 Å². The minimum atomic E-state index is -0.363. The molecule has 0 saturated carbocycles. The molecule has 0 aliphatic rings. The van der Waals surface area contributed by atoms with E-state index in [0.717, 1.165) is 5.76 Å². The monoisotopic (exact) mass is 381 g/mol. The molecule has 0 atom stereocenters. The predicted molar refractivity (Wildman–Crippen MR) is 101 cm³/mol. The van der Waals surface area contributed by atoms with Crippen LogP contribution in [0.15, 0.2) is 47.1 Å². The summed E-state index contributed by atoms with van der Waals surface area (Å²) in [4.78, 5) is 11.9. The van der Waals surface area contributed by atoms with Crippen molar-refractivity contribution in [3.63, 3.8) is 0 Å². The highest BCUT2D eigenvalue weighted by molar-refractivity contribution is 5.76. The summed E-state index contributed by atoms with van der Waals surface area (Å²) in [6.07, 6.45) is 3.58. The number of hydrogen-bond acceptors (Lipinski definition) is 5. The van der Waals surface area contributed by atoms with E-state index in [1.165, 1.54) is 16.8 Å². The highest BCUT2D eigenvalue weighted by Crippen LogP contribution is 2.21. The summed E-state index contributed by atoms with van der Waals surface area (Å²) in [6.45, 7) is 0.463. The van der Waals surface area contributed by atoms with Crippen molar-refractivity contribution in [2.45, 2.75) is 25.7 Å². The topological polar surface area (TPSA) is 110 Å². The summed E-state index contributed by atoms with van der Waals surface area (Å²) in [6, 6.07) is 11.4. The van der Waals surface area contributed by atoms with Crippen LogP contribution in [0.4, 0.5) is 10.2 Å². The fraction of sp³-hybridized carbons (Fsp3) is 0.250. The fourth-order valence-electron chi connectivity index (χ4n) is 2.82. The highest BCUT2D eigenvalue weighted by atomic mass is 19.1. The number of nitrogens with one attached hydrogen (secondary N) is 1. The first kappa shape index (κ1) is 19.2. The van der Waals surface area contributed by atoms with Gasteiger partial charge in [-0.15, -0.1) is 0 Å². The molecule has 0 unspecified atom stereocenters. The van der Waals surface area contributed by atoms with E-state index < -0.39 is 0 Å². The zero-order valence-corrected chi connectivity index (χ0v) is 15.2. The third-order valence-electron chi connectivity index (χ3n) is 4.27. The Hall–Kier alpha value is -3.60. The Labute approximate surface area is 161 Å². The molecule has 7 nitrogen and oxygen atoms in total. The van der Waals surface area contributed by atoms with E-state index in [-0.39, 0.29) is 17.5 Å². The van der Waals surface area contributed by atoms with Gasteiger partial charge < -0.3 is 15.5 Å². The molecule has 3 aromatic rings. The Bertz CT molecular complexity index is 971. The van der Waals surface area contributed by atoms with Gasteiger partial charge in [-0.2, -0.15) is 10.4 Å². The number of furan rings is 1.